The predicted octanol–water partition coefficient (Wildman–Crippen LogP) is 4.64. The number of nitrogens with one attached hydrogen (secondary N) is 2. The summed E-state index contributed by atoms with van der Waals surface area (Å²) in [6.07, 6.45) is -1.64. The van der Waals surface area contributed by atoms with Crippen LogP contribution in [0.5, 0.6) is 0 Å². The largest absolute Gasteiger partial charge is 0.481 e. The molecule has 1 unspecified atom stereocenters. The van der Waals surface area contributed by atoms with Gasteiger partial charge in [-0.1, -0.05) is 92.7 Å². The van der Waals surface area contributed by atoms with Gasteiger partial charge in [-0.15, -0.1) is 0 Å². The average molecular weight is 559 g/mol. The van der Waals surface area contributed by atoms with Crippen LogP contribution in [0.3, 0.4) is 0 Å². The molecule has 0 saturated carbocycles. The van der Waals surface area contributed by atoms with E-state index in [4.69, 9.17) is 9.47 Å². The SMILES string of the molecule is CC(C)C(CC(=O)O)NC(=O)[C@H](CC(=O)OCc1ccccc1)NC(=O)OCC1c2ccccc2-c2ccccc21. The third-order valence-electron chi connectivity index (χ3n) is 7.09. The maximum Gasteiger partial charge on any atom is 0.407 e. The van der Waals surface area contributed by atoms with Crippen molar-refractivity contribution in [1.29, 1.82) is 0 Å². The maximum atomic E-state index is 13.2. The van der Waals surface area contributed by atoms with Crippen LogP contribution in [-0.2, 0) is 30.5 Å². The van der Waals surface area contributed by atoms with Crippen LogP contribution in [0.25, 0.3) is 11.1 Å². The minimum atomic E-state index is -1.33. The highest BCUT2D eigenvalue weighted by molar-refractivity contribution is 5.90. The van der Waals surface area contributed by atoms with Crippen LogP contribution >= 0.6 is 0 Å². The smallest absolute Gasteiger partial charge is 0.407 e. The number of carbonyl (C=O) groups is 4. The van der Waals surface area contributed by atoms with Crippen LogP contribution in [-0.4, -0.2) is 47.7 Å². The number of hydrogen-bond donors (Lipinski definition) is 3. The summed E-state index contributed by atoms with van der Waals surface area (Å²) in [6.45, 7) is 3.58. The fraction of sp³-hybridized carbons (Fsp3) is 0.312. The summed E-state index contributed by atoms with van der Waals surface area (Å²) in [5.41, 5.74) is 5.00. The Bertz CT molecular complexity index is 1340. The highest BCUT2D eigenvalue weighted by Crippen LogP contribution is 2.44. The zero-order valence-corrected chi connectivity index (χ0v) is 23.0. The van der Waals surface area contributed by atoms with E-state index in [1.807, 2.05) is 66.7 Å². The summed E-state index contributed by atoms with van der Waals surface area (Å²) >= 11 is 0. The minimum absolute atomic E-state index is 0.00654. The number of alkyl carbamates (subject to hydrolysis) is 1. The summed E-state index contributed by atoms with van der Waals surface area (Å²) in [7, 11) is 0. The summed E-state index contributed by atoms with van der Waals surface area (Å²) in [6, 6.07) is 22.8. The molecule has 214 valence electrons. The van der Waals surface area contributed by atoms with E-state index in [1.165, 1.54) is 0 Å². The molecular weight excluding hydrogens is 524 g/mol. The number of rotatable bonds is 12. The Morgan fingerprint density at radius 3 is 1.95 bits per heavy atom. The summed E-state index contributed by atoms with van der Waals surface area (Å²) < 4.78 is 10.9. The Kier molecular flexibility index (Phi) is 9.73. The van der Waals surface area contributed by atoms with Gasteiger partial charge in [-0.05, 0) is 33.7 Å². The molecule has 41 heavy (non-hydrogen) atoms. The molecule has 0 fully saturated rings. The molecule has 9 nitrogen and oxygen atoms in total. The third kappa shape index (κ3) is 7.72. The number of fused-ring (bicyclic) bond motifs is 3. The van der Waals surface area contributed by atoms with Gasteiger partial charge in [0.25, 0.3) is 0 Å². The molecule has 0 aromatic heterocycles. The zero-order valence-electron chi connectivity index (χ0n) is 23.0. The Balaban J connectivity index is 1.43. The molecular formula is C32H34N2O7. The van der Waals surface area contributed by atoms with Gasteiger partial charge in [-0.25, -0.2) is 4.79 Å². The second kappa shape index (κ2) is 13.6. The maximum absolute atomic E-state index is 13.2. The minimum Gasteiger partial charge on any atom is -0.481 e. The van der Waals surface area contributed by atoms with Gasteiger partial charge < -0.3 is 25.2 Å². The van der Waals surface area contributed by atoms with Crippen molar-refractivity contribution in [1.82, 2.24) is 10.6 Å². The van der Waals surface area contributed by atoms with Gasteiger partial charge in [0.15, 0.2) is 0 Å². The van der Waals surface area contributed by atoms with Gasteiger partial charge in [0.1, 0.15) is 19.3 Å². The molecule has 0 saturated heterocycles. The van der Waals surface area contributed by atoms with E-state index < -0.39 is 42.4 Å². The number of amides is 2. The lowest BCUT2D eigenvalue weighted by atomic mass is 9.98. The normalized spacial score (nSPS) is 13.4. The molecule has 4 rings (SSSR count). The number of aliphatic carboxylic acids is 1. The second-order valence-corrected chi connectivity index (χ2v) is 10.3. The monoisotopic (exact) mass is 558 g/mol. The first kappa shape index (κ1) is 29.3. The van der Waals surface area contributed by atoms with Gasteiger partial charge in [-0.2, -0.15) is 0 Å². The Morgan fingerprint density at radius 1 is 0.780 bits per heavy atom. The van der Waals surface area contributed by atoms with Crippen molar-refractivity contribution in [3.63, 3.8) is 0 Å². The first-order valence-electron chi connectivity index (χ1n) is 13.6. The number of esters is 1. The van der Waals surface area contributed by atoms with Crippen LogP contribution in [0.1, 0.15) is 49.3 Å². The average Bonchev–Trinajstić information content (AvgIpc) is 3.28. The standard InChI is InChI=1S/C32H34N2O7/c1-20(2)27(16-29(35)36)33-31(38)28(17-30(37)40-18-21-10-4-3-5-11-21)34-32(39)41-19-26-24-14-8-6-12-22(24)23-13-7-9-15-25(23)26/h3-15,20,26-28H,16-19H2,1-2H3,(H,33,38)(H,34,39)(H,35,36)/t27?,28-/m0/s1. The molecule has 1 aliphatic rings. The molecule has 0 aliphatic heterocycles. The van der Waals surface area contributed by atoms with Gasteiger partial charge in [0.05, 0.1) is 12.8 Å². The number of ether oxygens (including phenoxy) is 2. The lowest BCUT2D eigenvalue weighted by Gasteiger charge is -2.24. The van der Waals surface area contributed by atoms with Crippen molar-refractivity contribution in [2.75, 3.05) is 6.61 Å². The Hall–Kier alpha value is -4.66. The molecule has 9 heteroatoms. The molecule has 0 bridgehead atoms. The molecule has 2 atom stereocenters. The molecule has 2 amide bonds. The van der Waals surface area contributed by atoms with E-state index in [0.717, 1.165) is 27.8 Å². The first-order chi connectivity index (χ1) is 19.7. The summed E-state index contributed by atoms with van der Waals surface area (Å²) in [5, 5.41) is 14.4. The Labute approximate surface area is 238 Å². The van der Waals surface area contributed by atoms with Crippen molar-refractivity contribution in [3.05, 3.63) is 95.6 Å². The van der Waals surface area contributed by atoms with Crippen molar-refractivity contribution in [3.8, 4) is 11.1 Å². The lowest BCUT2D eigenvalue weighted by molar-refractivity contribution is -0.147. The van der Waals surface area contributed by atoms with E-state index in [-0.39, 0.29) is 31.5 Å². The fourth-order valence-electron chi connectivity index (χ4n) is 4.88. The molecule has 3 aromatic carbocycles. The quantitative estimate of drug-likeness (QED) is 0.276. The number of carboxylic acids is 1. The fourth-order valence-corrected chi connectivity index (χ4v) is 4.88. The van der Waals surface area contributed by atoms with E-state index in [0.29, 0.717) is 0 Å². The summed E-state index contributed by atoms with van der Waals surface area (Å²) in [5.74, 6) is -2.86. The van der Waals surface area contributed by atoms with Gasteiger partial charge in [0.2, 0.25) is 5.91 Å². The third-order valence-corrected chi connectivity index (χ3v) is 7.09. The number of benzene rings is 3. The second-order valence-electron chi connectivity index (χ2n) is 10.3. The number of carbonyl (C=O) groups excluding carboxylic acids is 3. The lowest BCUT2D eigenvalue weighted by Crippen LogP contribution is -2.52. The molecule has 3 aromatic rings. The molecule has 0 spiro atoms. The van der Waals surface area contributed by atoms with E-state index in [2.05, 4.69) is 10.6 Å². The highest BCUT2D eigenvalue weighted by atomic mass is 16.5. The number of hydrogen-bond acceptors (Lipinski definition) is 6. The molecule has 3 N–H and O–H groups in total. The number of carboxylic acid groups (broad SMARTS) is 1. The van der Waals surface area contributed by atoms with Gasteiger partial charge in [-0.3, -0.25) is 14.4 Å². The molecule has 0 heterocycles. The van der Waals surface area contributed by atoms with Gasteiger partial charge >= 0.3 is 18.0 Å². The van der Waals surface area contributed by atoms with Crippen molar-refractivity contribution < 1.29 is 33.8 Å². The summed E-state index contributed by atoms with van der Waals surface area (Å²) in [4.78, 5) is 50.1. The molecule has 0 radical (unpaired) electrons. The van der Waals surface area contributed by atoms with E-state index >= 15 is 0 Å². The van der Waals surface area contributed by atoms with Crippen LogP contribution in [0.2, 0.25) is 0 Å². The molecule has 1 aliphatic carbocycles. The van der Waals surface area contributed by atoms with Crippen LogP contribution in [0, 0.1) is 5.92 Å². The van der Waals surface area contributed by atoms with Crippen LogP contribution < -0.4 is 10.6 Å². The topological polar surface area (TPSA) is 131 Å². The van der Waals surface area contributed by atoms with Crippen molar-refractivity contribution >= 4 is 23.9 Å². The van der Waals surface area contributed by atoms with Crippen molar-refractivity contribution in [2.24, 2.45) is 5.92 Å². The van der Waals surface area contributed by atoms with Gasteiger partial charge in [0, 0.05) is 12.0 Å². The van der Waals surface area contributed by atoms with Crippen LogP contribution in [0.4, 0.5) is 4.79 Å². The van der Waals surface area contributed by atoms with Crippen molar-refractivity contribution in [2.45, 2.75) is 51.3 Å². The van der Waals surface area contributed by atoms with E-state index in [9.17, 15) is 24.3 Å². The highest BCUT2D eigenvalue weighted by Gasteiger charge is 2.31. The van der Waals surface area contributed by atoms with E-state index in [1.54, 1.807) is 26.0 Å². The first-order valence-corrected chi connectivity index (χ1v) is 13.6. The predicted molar refractivity (Wildman–Crippen MR) is 152 cm³/mol. The zero-order chi connectivity index (χ0) is 29.4. The van der Waals surface area contributed by atoms with Crippen LogP contribution in [0.15, 0.2) is 78.9 Å². The Morgan fingerprint density at radius 2 is 1.37 bits per heavy atom.